The first-order valence-electron chi connectivity index (χ1n) is 15.1. The molecule has 10 aromatic rings. The molecule has 0 spiro atoms. The van der Waals surface area contributed by atoms with E-state index in [0.29, 0.717) is 17.5 Å². The van der Waals surface area contributed by atoms with E-state index in [1.54, 1.807) is 0 Å². The van der Waals surface area contributed by atoms with E-state index in [1.165, 1.54) is 43.1 Å². The molecule has 0 saturated carbocycles. The lowest BCUT2D eigenvalue weighted by Gasteiger charge is -2.13. The predicted molar refractivity (Wildman–Crippen MR) is 184 cm³/mol. The van der Waals surface area contributed by atoms with Crippen molar-refractivity contribution in [1.29, 1.82) is 0 Å². The maximum absolute atomic E-state index is 6.68. The van der Waals surface area contributed by atoms with Gasteiger partial charge in [0.15, 0.2) is 17.5 Å². The van der Waals surface area contributed by atoms with Crippen molar-refractivity contribution in [1.82, 2.24) is 15.0 Å². The zero-order chi connectivity index (χ0) is 29.5. The molecule has 0 fully saturated rings. The average Bonchev–Trinajstić information content (AvgIpc) is 3.52. The van der Waals surface area contributed by atoms with Crippen molar-refractivity contribution >= 4 is 54.3 Å². The summed E-state index contributed by atoms with van der Waals surface area (Å²) < 4.78 is 6.68. The summed E-state index contributed by atoms with van der Waals surface area (Å²) in [5.74, 6) is 1.94. The molecule has 4 nitrogen and oxygen atoms in total. The molecule has 0 amide bonds. The predicted octanol–water partition coefficient (Wildman–Crippen LogP) is 10.8. The van der Waals surface area contributed by atoms with Crippen molar-refractivity contribution in [3.63, 3.8) is 0 Å². The van der Waals surface area contributed by atoms with Crippen molar-refractivity contribution in [3.05, 3.63) is 140 Å². The lowest BCUT2D eigenvalue weighted by molar-refractivity contribution is 0.670. The molecule has 0 bridgehead atoms. The summed E-state index contributed by atoms with van der Waals surface area (Å²) in [6.45, 7) is 0. The highest BCUT2D eigenvalue weighted by molar-refractivity contribution is 6.39. The van der Waals surface area contributed by atoms with Crippen molar-refractivity contribution in [2.45, 2.75) is 0 Å². The van der Waals surface area contributed by atoms with E-state index in [4.69, 9.17) is 19.4 Å². The highest BCUT2D eigenvalue weighted by Crippen LogP contribution is 2.48. The number of aromatic nitrogens is 3. The lowest BCUT2D eigenvalue weighted by Crippen LogP contribution is -2.00. The first-order valence-corrected chi connectivity index (χ1v) is 15.1. The number of hydrogen-bond donors (Lipinski definition) is 0. The molecule has 0 unspecified atom stereocenters. The van der Waals surface area contributed by atoms with Crippen molar-refractivity contribution in [3.8, 4) is 45.3 Å². The number of furan rings is 1. The standard InChI is InChI=1S/C41H23N3O/c1-3-8-27(9-4-1)39-42-40(28-10-5-2-6-11-28)44-41(43-39)29-18-14-24(15-19-29)30-21-22-32-31-13-7-12-25-16-17-26-20-23-33-37(35(26)34(25)31)36(32)38(30)45-33/h1-23H. The van der Waals surface area contributed by atoms with E-state index < -0.39 is 0 Å². The number of fused-ring (bicyclic) bond motifs is 1. The molecule has 4 heteroatoms. The third kappa shape index (κ3) is 3.57. The summed E-state index contributed by atoms with van der Waals surface area (Å²) in [4.78, 5) is 14.6. The van der Waals surface area contributed by atoms with E-state index >= 15 is 0 Å². The second kappa shape index (κ2) is 9.18. The van der Waals surface area contributed by atoms with Crippen molar-refractivity contribution < 1.29 is 4.42 Å². The van der Waals surface area contributed by atoms with E-state index in [2.05, 4.69) is 78.9 Å². The minimum Gasteiger partial charge on any atom is -0.455 e. The fourth-order valence-electron chi connectivity index (χ4n) is 6.97. The highest BCUT2D eigenvalue weighted by Gasteiger charge is 2.22. The summed E-state index contributed by atoms with van der Waals surface area (Å²) in [6, 6.07) is 48.4. The summed E-state index contributed by atoms with van der Waals surface area (Å²) in [5, 5.41) is 10.0. The Balaban J connectivity index is 1.14. The first kappa shape index (κ1) is 24.3. The van der Waals surface area contributed by atoms with E-state index in [1.807, 2.05) is 60.7 Å². The van der Waals surface area contributed by atoms with Crippen LogP contribution >= 0.6 is 0 Å². The van der Waals surface area contributed by atoms with Gasteiger partial charge in [0.2, 0.25) is 0 Å². The SMILES string of the molecule is c1ccc(-c2nc(-c3ccccc3)nc(-c3ccc(-c4ccc5c6cccc7ccc8ccc9oc4c5c9c8c76)cc3)n2)cc1. The Hall–Kier alpha value is -6.13. The second-order valence-corrected chi connectivity index (χ2v) is 11.6. The largest absolute Gasteiger partial charge is 0.455 e. The van der Waals surface area contributed by atoms with Crippen LogP contribution in [0.3, 0.4) is 0 Å². The Morgan fingerprint density at radius 1 is 0.356 bits per heavy atom. The Labute approximate surface area is 257 Å². The van der Waals surface area contributed by atoms with E-state index in [0.717, 1.165) is 39.0 Å². The third-order valence-corrected chi connectivity index (χ3v) is 9.05. The minimum atomic E-state index is 0.639. The third-order valence-electron chi connectivity index (χ3n) is 9.05. The molecule has 10 rings (SSSR count). The van der Waals surface area contributed by atoms with Crippen LogP contribution in [-0.4, -0.2) is 15.0 Å². The zero-order valence-corrected chi connectivity index (χ0v) is 24.0. The molecule has 0 aliphatic carbocycles. The van der Waals surface area contributed by atoms with Crippen LogP contribution in [0.25, 0.3) is 99.5 Å². The van der Waals surface area contributed by atoms with Crippen LogP contribution in [0.15, 0.2) is 144 Å². The Morgan fingerprint density at radius 3 is 1.58 bits per heavy atom. The monoisotopic (exact) mass is 573 g/mol. The highest BCUT2D eigenvalue weighted by atomic mass is 16.3. The number of nitrogens with zero attached hydrogens (tertiary/aromatic N) is 3. The molecule has 0 aliphatic heterocycles. The normalized spacial score (nSPS) is 12.0. The number of rotatable bonds is 4. The smallest absolute Gasteiger partial charge is 0.164 e. The van der Waals surface area contributed by atoms with Crippen molar-refractivity contribution in [2.24, 2.45) is 0 Å². The molecule has 0 atom stereocenters. The molecule has 2 aromatic heterocycles. The lowest BCUT2D eigenvalue weighted by atomic mass is 9.88. The van der Waals surface area contributed by atoms with Crippen LogP contribution in [0, 0.1) is 0 Å². The summed E-state index contributed by atoms with van der Waals surface area (Å²) in [6.07, 6.45) is 0. The molecule has 0 N–H and O–H groups in total. The summed E-state index contributed by atoms with van der Waals surface area (Å²) in [7, 11) is 0. The van der Waals surface area contributed by atoms with Gasteiger partial charge in [-0.25, -0.2) is 15.0 Å². The van der Waals surface area contributed by atoms with Gasteiger partial charge < -0.3 is 4.42 Å². The van der Waals surface area contributed by atoms with Crippen LogP contribution in [0.4, 0.5) is 0 Å². The summed E-state index contributed by atoms with van der Waals surface area (Å²) in [5.41, 5.74) is 6.84. The fraction of sp³-hybridized carbons (Fsp3) is 0. The van der Waals surface area contributed by atoms with Crippen LogP contribution in [0.1, 0.15) is 0 Å². The maximum atomic E-state index is 6.68. The maximum Gasteiger partial charge on any atom is 0.164 e. The van der Waals surface area contributed by atoms with Gasteiger partial charge >= 0.3 is 0 Å². The Kier molecular flexibility index (Phi) is 4.96. The first-order chi connectivity index (χ1) is 22.3. The van der Waals surface area contributed by atoms with Crippen LogP contribution in [-0.2, 0) is 0 Å². The Bertz CT molecular complexity index is 2620. The van der Waals surface area contributed by atoms with Crippen LogP contribution in [0.2, 0.25) is 0 Å². The quantitative estimate of drug-likeness (QED) is 0.155. The van der Waals surface area contributed by atoms with Gasteiger partial charge in [-0.2, -0.15) is 0 Å². The van der Waals surface area contributed by atoms with Gasteiger partial charge in [-0.15, -0.1) is 0 Å². The minimum absolute atomic E-state index is 0.639. The summed E-state index contributed by atoms with van der Waals surface area (Å²) >= 11 is 0. The van der Waals surface area contributed by atoms with Gasteiger partial charge in [0.25, 0.3) is 0 Å². The van der Waals surface area contributed by atoms with Crippen molar-refractivity contribution in [2.75, 3.05) is 0 Å². The molecule has 8 aromatic carbocycles. The molecule has 0 aliphatic rings. The van der Waals surface area contributed by atoms with Gasteiger partial charge in [0.05, 0.1) is 0 Å². The fourth-order valence-corrected chi connectivity index (χ4v) is 6.97. The van der Waals surface area contributed by atoms with Gasteiger partial charge in [0, 0.05) is 38.4 Å². The van der Waals surface area contributed by atoms with E-state index in [9.17, 15) is 0 Å². The second-order valence-electron chi connectivity index (χ2n) is 11.6. The molecule has 0 saturated heterocycles. The number of hydrogen-bond acceptors (Lipinski definition) is 4. The van der Waals surface area contributed by atoms with Gasteiger partial charge in [-0.05, 0) is 44.6 Å². The Morgan fingerprint density at radius 2 is 0.911 bits per heavy atom. The molecule has 45 heavy (non-hydrogen) atoms. The van der Waals surface area contributed by atoms with Crippen LogP contribution < -0.4 is 0 Å². The molecule has 208 valence electrons. The number of benzene rings is 8. The van der Waals surface area contributed by atoms with Gasteiger partial charge in [-0.1, -0.05) is 127 Å². The van der Waals surface area contributed by atoms with E-state index in [-0.39, 0.29) is 0 Å². The molecular formula is C41H23N3O. The molecule has 0 radical (unpaired) electrons. The van der Waals surface area contributed by atoms with Gasteiger partial charge in [-0.3, -0.25) is 0 Å². The topological polar surface area (TPSA) is 51.8 Å². The van der Waals surface area contributed by atoms with Gasteiger partial charge in [0.1, 0.15) is 11.2 Å². The van der Waals surface area contributed by atoms with Crippen LogP contribution in [0.5, 0.6) is 0 Å². The average molecular weight is 574 g/mol. The molecule has 2 heterocycles. The molecular weight excluding hydrogens is 550 g/mol. The zero-order valence-electron chi connectivity index (χ0n) is 24.0.